The Morgan fingerprint density at radius 1 is 1.20 bits per heavy atom. The van der Waals surface area contributed by atoms with Gasteiger partial charge in [0.2, 0.25) is 11.9 Å². The lowest BCUT2D eigenvalue weighted by atomic mass is 10.1. The Kier molecular flexibility index (Phi) is 4.49. The van der Waals surface area contributed by atoms with Gasteiger partial charge in [0.25, 0.3) is 0 Å². The van der Waals surface area contributed by atoms with Gasteiger partial charge < -0.3 is 10.6 Å². The third-order valence-corrected chi connectivity index (χ3v) is 5.08. The van der Waals surface area contributed by atoms with E-state index in [2.05, 4.69) is 30.8 Å². The first-order valence-corrected chi connectivity index (χ1v) is 9.62. The zero-order valence-electron chi connectivity index (χ0n) is 15.8. The van der Waals surface area contributed by atoms with E-state index in [4.69, 9.17) is 0 Å². The van der Waals surface area contributed by atoms with Gasteiger partial charge in [-0.3, -0.25) is 4.79 Å². The number of rotatable bonds is 4. The standard InChI is InChI=1S/C19H18F2N8O/c20-18(21)28-10-11(9-23-28)15-26-16-12-5-1-2-6-13(12)24-19(29(16)27-15)25-14-7-3-4-8-22-17(14)30/h1-2,5-6,9-10,14,18H,3-4,7-8H2,(H,22,30)(H,24,25)/t14-/m1/s1. The first-order valence-electron chi connectivity index (χ1n) is 9.62. The van der Waals surface area contributed by atoms with Gasteiger partial charge in [-0.1, -0.05) is 12.1 Å². The van der Waals surface area contributed by atoms with Gasteiger partial charge in [-0.05, 0) is 31.4 Å². The lowest BCUT2D eigenvalue weighted by molar-refractivity contribution is -0.121. The molecule has 1 fully saturated rings. The molecular formula is C19H18F2N8O. The Morgan fingerprint density at radius 2 is 2.07 bits per heavy atom. The van der Waals surface area contributed by atoms with Crippen LogP contribution in [0.4, 0.5) is 14.7 Å². The second kappa shape index (κ2) is 7.32. The third-order valence-electron chi connectivity index (χ3n) is 5.08. The summed E-state index contributed by atoms with van der Waals surface area (Å²) in [5.41, 5.74) is 1.56. The van der Waals surface area contributed by atoms with E-state index in [0.717, 1.165) is 18.2 Å². The molecule has 2 N–H and O–H groups in total. The highest BCUT2D eigenvalue weighted by atomic mass is 19.3. The van der Waals surface area contributed by atoms with Crippen molar-refractivity contribution in [2.45, 2.75) is 31.9 Å². The van der Waals surface area contributed by atoms with E-state index in [1.807, 2.05) is 24.3 Å². The predicted molar refractivity (Wildman–Crippen MR) is 105 cm³/mol. The predicted octanol–water partition coefficient (Wildman–Crippen LogP) is 2.62. The van der Waals surface area contributed by atoms with Gasteiger partial charge in [0, 0.05) is 18.1 Å². The van der Waals surface area contributed by atoms with Gasteiger partial charge in [-0.15, -0.1) is 5.10 Å². The minimum absolute atomic E-state index is 0.0887. The first kappa shape index (κ1) is 18.4. The number of para-hydroxylation sites is 1. The highest BCUT2D eigenvalue weighted by Crippen LogP contribution is 2.25. The molecule has 1 aliphatic rings. The maximum atomic E-state index is 12.9. The van der Waals surface area contributed by atoms with E-state index in [1.54, 1.807) is 0 Å². The number of nitrogens with zero attached hydrogens (tertiary/aromatic N) is 6. The van der Waals surface area contributed by atoms with Gasteiger partial charge >= 0.3 is 6.55 Å². The van der Waals surface area contributed by atoms with E-state index in [-0.39, 0.29) is 11.7 Å². The van der Waals surface area contributed by atoms with Crippen LogP contribution in [-0.2, 0) is 4.79 Å². The van der Waals surface area contributed by atoms with Crippen LogP contribution >= 0.6 is 0 Å². The van der Waals surface area contributed by atoms with Crippen LogP contribution in [0.2, 0.25) is 0 Å². The molecule has 0 aliphatic carbocycles. The van der Waals surface area contributed by atoms with Crippen molar-refractivity contribution < 1.29 is 13.6 Å². The van der Waals surface area contributed by atoms with Crippen LogP contribution in [0.1, 0.15) is 25.8 Å². The number of anilines is 1. The monoisotopic (exact) mass is 412 g/mol. The molecule has 1 aromatic carbocycles. The number of amides is 1. The number of aromatic nitrogens is 6. The van der Waals surface area contributed by atoms with Crippen molar-refractivity contribution in [2.75, 3.05) is 11.9 Å². The van der Waals surface area contributed by atoms with Gasteiger partial charge in [-0.2, -0.15) is 18.4 Å². The number of halogens is 2. The molecule has 1 atom stereocenters. The fraction of sp³-hybridized carbons (Fsp3) is 0.316. The number of carbonyl (C=O) groups excluding carboxylic acids is 1. The molecule has 1 aliphatic heterocycles. The molecule has 30 heavy (non-hydrogen) atoms. The number of nitrogens with one attached hydrogen (secondary N) is 2. The highest BCUT2D eigenvalue weighted by Gasteiger charge is 2.23. The second-order valence-electron chi connectivity index (χ2n) is 7.09. The van der Waals surface area contributed by atoms with Crippen molar-refractivity contribution in [3.8, 4) is 11.4 Å². The summed E-state index contributed by atoms with van der Waals surface area (Å²) in [6, 6.07) is 6.98. The summed E-state index contributed by atoms with van der Waals surface area (Å²) in [5, 5.41) is 15.0. The minimum Gasteiger partial charge on any atom is -0.354 e. The van der Waals surface area contributed by atoms with Gasteiger partial charge in [0.05, 0.1) is 17.3 Å². The number of hydrogen-bond donors (Lipinski definition) is 2. The minimum atomic E-state index is -2.75. The molecule has 5 rings (SSSR count). The number of carbonyl (C=O) groups is 1. The zero-order valence-corrected chi connectivity index (χ0v) is 15.8. The molecule has 1 saturated heterocycles. The summed E-state index contributed by atoms with van der Waals surface area (Å²) in [6.45, 7) is -2.09. The Morgan fingerprint density at radius 3 is 2.90 bits per heavy atom. The van der Waals surface area contributed by atoms with Crippen LogP contribution in [0.3, 0.4) is 0 Å². The smallest absolute Gasteiger partial charge is 0.333 e. The van der Waals surface area contributed by atoms with E-state index in [0.29, 0.717) is 40.3 Å². The van der Waals surface area contributed by atoms with E-state index >= 15 is 0 Å². The van der Waals surface area contributed by atoms with Crippen LogP contribution < -0.4 is 10.6 Å². The van der Waals surface area contributed by atoms with Crippen LogP contribution in [0, 0.1) is 0 Å². The van der Waals surface area contributed by atoms with Crippen molar-refractivity contribution in [1.82, 2.24) is 34.7 Å². The van der Waals surface area contributed by atoms with Gasteiger partial charge in [0.15, 0.2) is 11.5 Å². The number of benzene rings is 1. The zero-order chi connectivity index (χ0) is 20.7. The summed E-state index contributed by atoms with van der Waals surface area (Å²) >= 11 is 0. The summed E-state index contributed by atoms with van der Waals surface area (Å²) in [6.07, 6.45) is 4.99. The summed E-state index contributed by atoms with van der Waals surface area (Å²) < 4.78 is 27.9. The van der Waals surface area contributed by atoms with Crippen molar-refractivity contribution in [2.24, 2.45) is 0 Å². The van der Waals surface area contributed by atoms with Gasteiger partial charge in [0.1, 0.15) is 6.04 Å². The molecule has 0 unspecified atom stereocenters. The fourth-order valence-corrected chi connectivity index (χ4v) is 3.56. The molecule has 0 bridgehead atoms. The molecule has 11 heteroatoms. The molecule has 1 amide bonds. The molecular weight excluding hydrogens is 394 g/mol. The summed E-state index contributed by atoms with van der Waals surface area (Å²) in [7, 11) is 0. The molecule has 4 aromatic rings. The Bertz CT molecular complexity index is 1230. The second-order valence-corrected chi connectivity index (χ2v) is 7.09. The maximum Gasteiger partial charge on any atom is 0.333 e. The van der Waals surface area contributed by atoms with E-state index in [9.17, 15) is 13.6 Å². The summed E-state index contributed by atoms with van der Waals surface area (Å²) in [5.74, 6) is 0.522. The van der Waals surface area contributed by atoms with Gasteiger partial charge in [-0.25, -0.2) is 14.6 Å². The quantitative estimate of drug-likeness (QED) is 0.534. The molecule has 0 spiro atoms. The number of alkyl halides is 2. The van der Waals surface area contributed by atoms with Crippen LogP contribution in [0.15, 0.2) is 36.7 Å². The first-order chi connectivity index (χ1) is 14.6. The molecule has 9 nitrogen and oxygen atoms in total. The fourth-order valence-electron chi connectivity index (χ4n) is 3.56. The SMILES string of the molecule is O=C1NCCCC[C@H]1Nc1nc2ccccc2c2nc(-c3cnn(C(F)F)c3)nn12. The maximum absolute atomic E-state index is 12.9. The van der Waals surface area contributed by atoms with Crippen molar-refractivity contribution in [1.29, 1.82) is 0 Å². The van der Waals surface area contributed by atoms with Crippen LogP contribution in [0.25, 0.3) is 27.9 Å². The number of fused-ring (bicyclic) bond motifs is 3. The van der Waals surface area contributed by atoms with Crippen molar-refractivity contribution in [3.05, 3.63) is 36.7 Å². The topological polar surface area (TPSA) is 102 Å². The van der Waals surface area contributed by atoms with Crippen molar-refractivity contribution >= 4 is 28.4 Å². The molecule has 0 radical (unpaired) electrons. The summed E-state index contributed by atoms with van der Waals surface area (Å²) in [4.78, 5) is 21.6. The van der Waals surface area contributed by atoms with Crippen LogP contribution in [-0.4, -0.2) is 47.9 Å². The number of hydrogen-bond acceptors (Lipinski definition) is 6. The molecule has 4 heterocycles. The highest BCUT2D eigenvalue weighted by molar-refractivity contribution is 5.93. The largest absolute Gasteiger partial charge is 0.354 e. The van der Waals surface area contributed by atoms with Crippen LogP contribution in [0.5, 0.6) is 0 Å². The normalized spacial score (nSPS) is 17.4. The average Bonchev–Trinajstić information content (AvgIpc) is 3.36. The van der Waals surface area contributed by atoms with E-state index in [1.165, 1.54) is 16.9 Å². The van der Waals surface area contributed by atoms with Crippen molar-refractivity contribution in [3.63, 3.8) is 0 Å². The Balaban J connectivity index is 1.63. The third kappa shape index (κ3) is 3.21. The van der Waals surface area contributed by atoms with E-state index < -0.39 is 12.6 Å². The lowest BCUT2D eigenvalue weighted by Crippen LogP contribution is -2.38. The lowest BCUT2D eigenvalue weighted by Gasteiger charge is -2.16. The Hall–Kier alpha value is -3.63. The molecule has 154 valence electrons. The molecule has 0 saturated carbocycles. The average molecular weight is 412 g/mol. The Labute approximate surface area is 169 Å². The molecule has 3 aromatic heterocycles.